The Hall–Kier alpha value is -4.21. The van der Waals surface area contributed by atoms with Crippen LogP contribution in [-0.4, -0.2) is 28.0 Å². The van der Waals surface area contributed by atoms with Gasteiger partial charge in [0.15, 0.2) is 0 Å². The van der Waals surface area contributed by atoms with E-state index in [0.29, 0.717) is 16.8 Å². The third-order valence-corrected chi connectivity index (χ3v) is 7.07. The van der Waals surface area contributed by atoms with Crippen molar-refractivity contribution in [2.75, 3.05) is 10.6 Å². The number of halogens is 1. The van der Waals surface area contributed by atoms with Gasteiger partial charge >= 0.3 is 0 Å². The first kappa shape index (κ1) is 27.8. The number of nitrogens with one attached hydrogen (secondary N) is 3. The van der Waals surface area contributed by atoms with Crippen LogP contribution in [0.2, 0.25) is 0 Å². The molecule has 4 aromatic rings. The highest BCUT2D eigenvalue weighted by atomic mass is 79.9. The molecule has 39 heavy (non-hydrogen) atoms. The summed E-state index contributed by atoms with van der Waals surface area (Å²) in [6.45, 7) is 1.83. The van der Waals surface area contributed by atoms with E-state index in [2.05, 4.69) is 36.9 Å². The first-order valence-corrected chi connectivity index (χ1v) is 13.7. The maximum absolute atomic E-state index is 13.2. The lowest BCUT2D eigenvalue weighted by Gasteiger charge is -2.13. The van der Waals surface area contributed by atoms with Crippen LogP contribution in [-0.2, 0) is 9.59 Å². The molecule has 196 valence electrons. The molecular formula is C30H25BrN4O3S. The average Bonchev–Trinajstić information content (AvgIpc) is 2.96. The summed E-state index contributed by atoms with van der Waals surface area (Å²) in [5.41, 5.74) is 2.44. The number of benzene rings is 3. The van der Waals surface area contributed by atoms with Gasteiger partial charge in [0.25, 0.3) is 11.8 Å². The van der Waals surface area contributed by atoms with Gasteiger partial charge in [-0.2, -0.15) is 0 Å². The highest BCUT2D eigenvalue weighted by Crippen LogP contribution is 2.26. The number of anilines is 2. The third-order valence-electron chi connectivity index (χ3n) is 5.43. The molecule has 0 aliphatic carbocycles. The van der Waals surface area contributed by atoms with Gasteiger partial charge in [0.05, 0.1) is 5.25 Å². The summed E-state index contributed by atoms with van der Waals surface area (Å²) < 4.78 is 0.938. The molecule has 1 aromatic heterocycles. The minimum Gasteiger partial charge on any atom is -0.325 e. The lowest BCUT2D eigenvalue weighted by atomic mass is 10.2. The van der Waals surface area contributed by atoms with E-state index in [4.69, 9.17) is 0 Å². The SMILES string of the molecule is CC(Sc1ccc(NC(=O)/C(=C/c2cccnc2)NC(=O)c2ccccc2)cc1)C(=O)Nc1ccc(Br)cc1. The van der Waals surface area contributed by atoms with Gasteiger partial charge in [-0.25, -0.2) is 0 Å². The van der Waals surface area contributed by atoms with Gasteiger partial charge in [-0.3, -0.25) is 19.4 Å². The molecule has 7 nitrogen and oxygen atoms in total. The van der Waals surface area contributed by atoms with Crippen molar-refractivity contribution < 1.29 is 14.4 Å². The third kappa shape index (κ3) is 8.39. The zero-order chi connectivity index (χ0) is 27.6. The van der Waals surface area contributed by atoms with Gasteiger partial charge in [0.1, 0.15) is 5.70 Å². The van der Waals surface area contributed by atoms with E-state index in [1.165, 1.54) is 11.8 Å². The van der Waals surface area contributed by atoms with E-state index in [0.717, 1.165) is 15.1 Å². The van der Waals surface area contributed by atoms with E-state index in [1.54, 1.807) is 67.0 Å². The molecule has 0 spiro atoms. The van der Waals surface area contributed by atoms with Crippen LogP contribution < -0.4 is 16.0 Å². The lowest BCUT2D eigenvalue weighted by Crippen LogP contribution is -2.30. The van der Waals surface area contributed by atoms with Crippen molar-refractivity contribution in [2.45, 2.75) is 17.1 Å². The highest BCUT2D eigenvalue weighted by Gasteiger charge is 2.17. The molecule has 0 fully saturated rings. The van der Waals surface area contributed by atoms with Crippen LogP contribution in [0.1, 0.15) is 22.8 Å². The predicted molar refractivity (Wildman–Crippen MR) is 159 cm³/mol. The van der Waals surface area contributed by atoms with Crippen LogP contribution in [0.5, 0.6) is 0 Å². The Morgan fingerprint density at radius 1 is 0.846 bits per heavy atom. The molecule has 1 unspecified atom stereocenters. The first-order chi connectivity index (χ1) is 18.9. The molecular weight excluding hydrogens is 576 g/mol. The Morgan fingerprint density at radius 3 is 2.18 bits per heavy atom. The molecule has 9 heteroatoms. The molecule has 0 saturated heterocycles. The summed E-state index contributed by atoms with van der Waals surface area (Å²) in [7, 11) is 0. The minimum atomic E-state index is -0.481. The summed E-state index contributed by atoms with van der Waals surface area (Å²) >= 11 is 4.79. The Bertz CT molecular complexity index is 1460. The van der Waals surface area contributed by atoms with Crippen molar-refractivity contribution in [3.8, 4) is 0 Å². The van der Waals surface area contributed by atoms with Crippen LogP contribution >= 0.6 is 27.7 Å². The molecule has 1 atom stereocenters. The smallest absolute Gasteiger partial charge is 0.272 e. The number of nitrogens with zero attached hydrogens (tertiary/aromatic N) is 1. The van der Waals surface area contributed by atoms with Gasteiger partial charge in [-0.15, -0.1) is 11.8 Å². The molecule has 0 aliphatic rings. The fraction of sp³-hybridized carbons (Fsp3) is 0.0667. The van der Waals surface area contributed by atoms with Crippen molar-refractivity contribution in [3.05, 3.63) is 125 Å². The molecule has 3 N–H and O–H groups in total. The summed E-state index contributed by atoms with van der Waals surface area (Å²) in [6, 6.07) is 26.8. The number of hydrogen-bond acceptors (Lipinski definition) is 5. The van der Waals surface area contributed by atoms with Crippen molar-refractivity contribution >= 4 is 62.9 Å². The summed E-state index contributed by atoms with van der Waals surface area (Å²) in [5.74, 6) is -0.993. The predicted octanol–water partition coefficient (Wildman–Crippen LogP) is 6.37. The summed E-state index contributed by atoms with van der Waals surface area (Å²) in [6.07, 6.45) is 4.80. The number of hydrogen-bond donors (Lipinski definition) is 3. The van der Waals surface area contributed by atoms with Crippen LogP contribution in [0.15, 0.2) is 118 Å². The Kier molecular flexibility index (Phi) is 9.66. The quantitative estimate of drug-likeness (QED) is 0.153. The molecule has 4 rings (SSSR count). The molecule has 0 radical (unpaired) electrons. The standard InChI is InChI=1S/C30H25BrN4O3S/c1-20(28(36)33-24-11-9-23(31)10-12-24)39-26-15-13-25(14-16-26)34-30(38)27(18-21-6-5-17-32-19-21)35-29(37)22-7-3-2-4-8-22/h2-20H,1H3,(H,33,36)(H,34,38)(H,35,37)/b27-18-. The number of thioether (sulfide) groups is 1. The van der Waals surface area contributed by atoms with Crippen LogP contribution in [0.4, 0.5) is 11.4 Å². The summed E-state index contributed by atoms with van der Waals surface area (Å²) in [5, 5.41) is 8.10. The van der Waals surface area contributed by atoms with Gasteiger partial charge in [0.2, 0.25) is 5.91 Å². The van der Waals surface area contributed by atoms with Gasteiger partial charge in [-0.1, -0.05) is 40.2 Å². The van der Waals surface area contributed by atoms with Crippen LogP contribution in [0, 0.1) is 0 Å². The van der Waals surface area contributed by atoms with E-state index in [-0.39, 0.29) is 16.9 Å². The van der Waals surface area contributed by atoms with E-state index < -0.39 is 11.8 Å². The number of carbonyl (C=O) groups is 3. The minimum absolute atomic E-state index is 0.0774. The number of aromatic nitrogens is 1. The number of rotatable bonds is 9. The second-order valence-corrected chi connectivity index (χ2v) is 10.7. The highest BCUT2D eigenvalue weighted by molar-refractivity contribution is 9.10. The maximum Gasteiger partial charge on any atom is 0.272 e. The fourth-order valence-corrected chi connectivity index (χ4v) is 4.55. The molecule has 0 aliphatic heterocycles. The van der Waals surface area contributed by atoms with Crippen molar-refractivity contribution in [2.24, 2.45) is 0 Å². The number of pyridine rings is 1. The molecule has 0 bridgehead atoms. The van der Waals surface area contributed by atoms with Crippen LogP contribution in [0.25, 0.3) is 6.08 Å². The second-order valence-electron chi connectivity index (χ2n) is 8.40. The summed E-state index contributed by atoms with van der Waals surface area (Å²) in [4.78, 5) is 43.4. The van der Waals surface area contributed by atoms with E-state index in [1.807, 2.05) is 49.4 Å². The Labute approximate surface area is 239 Å². The maximum atomic E-state index is 13.2. The van der Waals surface area contributed by atoms with E-state index >= 15 is 0 Å². The first-order valence-electron chi connectivity index (χ1n) is 12.0. The Morgan fingerprint density at radius 2 is 1.51 bits per heavy atom. The zero-order valence-electron chi connectivity index (χ0n) is 20.9. The largest absolute Gasteiger partial charge is 0.325 e. The van der Waals surface area contributed by atoms with Crippen molar-refractivity contribution in [1.29, 1.82) is 0 Å². The van der Waals surface area contributed by atoms with E-state index in [9.17, 15) is 14.4 Å². The van der Waals surface area contributed by atoms with Gasteiger partial charge < -0.3 is 16.0 Å². The fourth-order valence-electron chi connectivity index (χ4n) is 3.42. The second kappa shape index (κ2) is 13.5. The number of carbonyl (C=O) groups excluding carboxylic acids is 3. The molecule has 1 heterocycles. The van der Waals surface area contributed by atoms with Gasteiger partial charge in [0, 0.05) is 38.7 Å². The molecule has 0 saturated carbocycles. The Balaban J connectivity index is 1.41. The van der Waals surface area contributed by atoms with Crippen molar-refractivity contribution in [3.63, 3.8) is 0 Å². The normalized spacial score (nSPS) is 11.8. The lowest BCUT2D eigenvalue weighted by molar-refractivity contribution is -0.115. The van der Waals surface area contributed by atoms with Crippen LogP contribution in [0.3, 0.4) is 0 Å². The molecule has 3 amide bonds. The zero-order valence-corrected chi connectivity index (χ0v) is 23.3. The monoisotopic (exact) mass is 600 g/mol. The topological polar surface area (TPSA) is 100 Å². The average molecular weight is 602 g/mol. The van der Waals surface area contributed by atoms with Gasteiger partial charge in [-0.05, 0) is 85.3 Å². The number of amides is 3. The molecule has 3 aromatic carbocycles. The van der Waals surface area contributed by atoms with Crippen molar-refractivity contribution in [1.82, 2.24) is 10.3 Å².